The summed E-state index contributed by atoms with van der Waals surface area (Å²) in [5.74, 6) is -1.47. The number of hydrogen-bond acceptors (Lipinski definition) is 4. The normalized spacial score (nSPS) is 12.3. The highest BCUT2D eigenvalue weighted by Gasteiger charge is 2.32. The molecule has 0 spiro atoms. The van der Waals surface area contributed by atoms with Gasteiger partial charge in [0.1, 0.15) is 18.4 Å². The lowest BCUT2D eigenvalue weighted by Crippen LogP contribution is -2.52. The first-order valence-electron chi connectivity index (χ1n) is 10.2. The summed E-state index contributed by atoms with van der Waals surface area (Å²) in [6.45, 7) is 3.27. The molecule has 0 unspecified atom stereocenters. The molecule has 0 aliphatic heterocycles. The molecule has 33 heavy (non-hydrogen) atoms. The van der Waals surface area contributed by atoms with Gasteiger partial charge in [0.25, 0.3) is 0 Å². The number of amides is 2. The maximum Gasteiger partial charge on any atom is 0.304 e. The molecule has 0 heterocycles. The van der Waals surface area contributed by atoms with Gasteiger partial charge in [0.2, 0.25) is 11.8 Å². The van der Waals surface area contributed by atoms with E-state index in [1.54, 1.807) is 19.9 Å². The molecular formula is C22H28BrFN4O4S. The standard InChI is InChI=1S/C22H28BrFN4O4S/c1-5-25-22(30)16(2)27(14-17-7-6-8-18(23)13-17)21(29)15-28(33(31,32)26(3)4)20-11-9-19(24)10-12-20/h6-13,16H,5,14-15H2,1-4H3,(H,25,30)/t16-/m0/s1. The Bertz CT molecular complexity index is 1080. The number of likely N-dealkylation sites (N-methyl/N-ethyl adjacent to an activating group) is 1. The number of carbonyl (C=O) groups excluding carboxylic acids is 2. The molecule has 2 aromatic rings. The molecule has 0 aromatic heterocycles. The molecule has 1 atom stereocenters. The summed E-state index contributed by atoms with van der Waals surface area (Å²) in [6, 6.07) is 11.2. The van der Waals surface area contributed by atoms with Gasteiger partial charge in [0.05, 0.1) is 5.69 Å². The summed E-state index contributed by atoms with van der Waals surface area (Å²) in [5.41, 5.74) is 0.893. The van der Waals surface area contributed by atoms with Gasteiger partial charge >= 0.3 is 10.2 Å². The monoisotopic (exact) mass is 542 g/mol. The number of anilines is 1. The highest BCUT2D eigenvalue weighted by Crippen LogP contribution is 2.22. The number of hydrogen-bond donors (Lipinski definition) is 1. The molecule has 0 saturated heterocycles. The Morgan fingerprint density at radius 3 is 2.30 bits per heavy atom. The molecular weight excluding hydrogens is 515 g/mol. The summed E-state index contributed by atoms with van der Waals surface area (Å²) in [7, 11) is -1.40. The molecule has 11 heteroatoms. The Morgan fingerprint density at radius 1 is 1.12 bits per heavy atom. The van der Waals surface area contributed by atoms with E-state index in [4.69, 9.17) is 0 Å². The van der Waals surface area contributed by atoms with Crippen LogP contribution in [0.25, 0.3) is 0 Å². The first kappa shape index (κ1) is 26.7. The Balaban J connectivity index is 2.44. The second-order valence-electron chi connectivity index (χ2n) is 7.50. The molecule has 0 radical (unpaired) electrons. The average molecular weight is 543 g/mol. The minimum atomic E-state index is -4.08. The van der Waals surface area contributed by atoms with Gasteiger partial charge in [-0.25, -0.2) is 8.70 Å². The summed E-state index contributed by atoms with van der Waals surface area (Å²) >= 11 is 3.39. The SMILES string of the molecule is CCNC(=O)[C@H](C)N(Cc1cccc(Br)c1)C(=O)CN(c1ccc(F)cc1)S(=O)(=O)N(C)C. The van der Waals surface area contributed by atoms with E-state index < -0.39 is 34.5 Å². The van der Waals surface area contributed by atoms with Gasteiger partial charge in [0, 0.05) is 31.7 Å². The van der Waals surface area contributed by atoms with Crippen LogP contribution in [0.2, 0.25) is 0 Å². The topological polar surface area (TPSA) is 90.0 Å². The van der Waals surface area contributed by atoms with E-state index in [0.717, 1.165) is 30.8 Å². The van der Waals surface area contributed by atoms with Gasteiger partial charge in [-0.15, -0.1) is 0 Å². The Kier molecular flexibility index (Phi) is 9.38. The highest BCUT2D eigenvalue weighted by molar-refractivity contribution is 9.10. The average Bonchev–Trinajstić information content (AvgIpc) is 2.76. The van der Waals surface area contributed by atoms with Crippen molar-refractivity contribution in [3.05, 3.63) is 64.4 Å². The predicted octanol–water partition coefficient (Wildman–Crippen LogP) is 2.75. The lowest BCUT2D eigenvalue weighted by Gasteiger charge is -2.32. The number of halogens is 2. The van der Waals surface area contributed by atoms with E-state index in [2.05, 4.69) is 21.2 Å². The Labute approximate surface area is 202 Å². The van der Waals surface area contributed by atoms with E-state index in [0.29, 0.717) is 6.54 Å². The molecule has 8 nitrogen and oxygen atoms in total. The fraction of sp³-hybridized carbons (Fsp3) is 0.364. The van der Waals surface area contributed by atoms with Crippen molar-refractivity contribution in [1.82, 2.24) is 14.5 Å². The van der Waals surface area contributed by atoms with Crippen LogP contribution in [0.15, 0.2) is 53.0 Å². The van der Waals surface area contributed by atoms with Gasteiger partial charge in [0.15, 0.2) is 0 Å². The molecule has 0 saturated carbocycles. The first-order chi connectivity index (χ1) is 15.5. The fourth-order valence-corrected chi connectivity index (χ4v) is 4.56. The summed E-state index contributed by atoms with van der Waals surface area (Å²) in [4.78, 5) is 27.3. The molecule has 180 valence electrons. The summed E-state index contributed by atoms with van der Waals surface area (Å²) < 4.78 is 42.1. The highest BCUT2D eigenvalue weighted by atomic mass is 79.9. The predicted molar refractivity (Wildman–Crippen MR) is 129 cm³/mol. The number of rotatable bonds is 10. The smallest absolute Gasteiger partial charge is 0.304 e. The Hall–Kier alpha value is -2.50. The third kappa shape index (κ3) is 6.99. The first-order valence-corrected chi connectivity index (χ1v) is 12.4. The zero-order valence-corrected chi connectivity index (χ0v) is 21.4. The molecule has 1 N–H and O–H groups in total. The minimum absolute atomic E-state index is 0.0931. The van der Waals surface area contributed by atoms with Crippen LogP contribution in [0.3, 0.4) is 0 Å². The number of nitrogens with one attached hydrogen (secondary N) is 1. The molecule has 2 rings (SSSR count). The zero-order valence-electron chi connectivity index (χ0n) is 19.0. The maximum absolute atomic E-state index is 13.4. The second kappa shape index (κ2) is 11.6. The van der Waals surface area contributed by atoms with Gasteiger partial charge in [-0.3, -0.25) is 9.59 Å². The van der Waals surface area contributed by atoms with E-state index in [1.807, 2.05) is 18.2 Å². The van der Waals surface area contributed by atoms with Crippen LogP contribution in [-0.2, 0) is 26.3 Å². The molecule has 2 amide bonds. The van der Waals surface area contributed by atoms with Crippen molar-refractivity contribution in [3.63, 3.8) is 0 Å². The van der Waals surface area contributed by atoms with Crippen LogP contribution in [-0.4, -0.2) is 62.7 Å². The van der Waals surface area contributed by atoms with Gasteiger partial charge in [-0.1, -0.05) is 28.1 Å². The molecule has 0 aliphatic rings. The van der Waals surface area contributed by atoms with Crippen molar-refractivity contribution in [1.29, 1.82) is 0 Å². The third-order valence-electron chi connectivity index (χ3n) is 4.89. The number of carbonyl (C=O) groups is 2. The minimum Gasteiger partial charge on any atom is -0.355 e. The largest absolute Gasteiger partial charge is 0.355 e. The quantitative estimate of drug-likeness (QED) is 0.499. The molecule has 0 aliphatic carbocycles. The van der Waals surface area contributed by atoms with Crippen molar-refractivity contribution in [2.24, 2.45) is 0 Å². The maximum atomic E-state index is 13.4. The summed E-state index contributed by atoms with van der Waals surface area (Å²) in [6.07, 6.45) is 0. The summed E-state index contributed by atoms with van der Waals surface area (Å²) in [5, 5.41) is 2.69. The molecule has 0 bridgehead atoms. The van der Waals surface area contributed by atoms with Crippen molar-refractivity contribution in [2.75, 3.05) is 31.5 Å². The fourth-order valence-electron chi connectivity index (χ4n) is 3.06. The van der Waals surface area contributed by atoms with Crippen LogP contribution >= 0.6 is 15.9 Å². The van der Waals surface area contributed by atoms with Crippen LogP contribution in [0, 0.1) is 5.82 Å². The van der Waals surface area contributed by atoms with Crippen LogP contribution < -0.4 is 9.62 Å². The van der Waals surface area contributed by atoms with Crippen LogP contribution in [0.4, 0.5) is 10.1 Å². The van der Waals surface area contributed by atoms with Gasteiger partial charge < -0.3 is 10.2 Å². The van der Waals surface area contributed by atoms with Crippen LogP contribution in [0.5, 0.6) is 0 Å². The van der Waals surface area contributed by atoms with E-state index in [-0.39, 0.29) is 18.1 Å². The third-order valence-corrected chi connectivity index (χ3v) is 7.21. The van der Waals surface area contributed by atoms with Crippen molar-refractivity contribution < 1.29 is 22.4 Å². The molecule has 2 aromatic carbocycles. The van der Waals surface area contributed by atoms with E-state index >= 15 is 0 Å². The lowest BCUT2D eigenvalue weighted by molar-refractivity contribution is -0.139. The van der Waals surface area contributed by atoms with Crippen molar-refractivity contribution in [3.8, 4) is 0 Å². The Morgan fingerprint density at radius 2 is 1.76 bits per heavy atom. The van der Waals surface area contributed by atoms with Gasteiger partial charge in [-0.05, 0) is 55.8 Å². The van der Waals surface area contributed by atoms with Gasteiger partial charge in [-0.2, -0.15) is 12.7 Å². The number of benzene rings is 2. The van der Waals surface area contributed by atoms with Crippen molar-refractivity contribution >= 4 is 43.6 Å². The van der Waals surface area contributed by atoms with E-state index in [1.165, 1.54) is 31.1 Å². The van der Waals surface area contributed by atoms with Crippen molar-refractivity contribution in [2.45, 2.75) is 26.4 Å². The lowest BCUT2D eigenvalue weighted by atomic mass is 10.1. The second-order valence-corrected chi connectivity index (χ2v) is 10.5. The van der Waals surface area contributed by atoms with Crippen LogP contribution in [0.1, 0.15) is 19.4 Å². The van der Waals surface area contributed by atoms with E-state index in [9.17, 15) is 22.4 Å². The number of nitrogens with zero attached hydrogens (tertiary/aromatic N) is 3. The molecule has 0 fully saturated rings. The zero-order chi connectivity index (χ0) is 24.8.